The van der Waals surface area contributed by atoms with Crippen molar-refractivity contribution in [2.75, 3.05) is 31.6 Å². The predicted molar refractivity (Wildman–Crippen MR) is 119 cm³/mol. The summed E-state index contributed by atoms with van der Waals surface area (Å²) >= 11 is 0. The van der Waals surface area contributed by atoms with Gasteiger partial charge in [0, 0.05) is 38.9 Å². The van der Waals surface area contributed by atoms with Gasteiger partial charge in [-0.2, -0.15) is 0 Å². The number of hydrogen-bond acceptors (Lipinski definition) is 5. The zero-order chi connectivity index (χ0) is 21.3. The predicted octanol–water partition coefficient (Wildman–Crippen LogP) is 1.59. The van der Waals surface area contributed by atoms with Crippen molar-refractivity contribution in [2.24, 2.45) is 10.7 Å². The number of benzene rings is 1. The number of guanidine groups is 1. The van der Waals surface area contributed by atoms with Crippen LogP contribution in [0.1, 0.15) is 24.0 Å². The van der Waals surface area contributed by atoms with Gasteiger partial charge in [0.15, 0.2) is 12.6 Å². The van der Waals surface area contributed by atoms with Gasteiger partial charge >= 0.3 is 0 Å². The minimum absolute atomic E-state index is 0.128. The van der Waals surface area contributed by atoms with Gasteiger partial charge < -0.3 is 26.0 Å². The standard InChI is InChI=1S/C22H30N6O2/c1-16-6-7-21(25-13-16)28-10-8-18(9-11-28)27-22(24-2)26-14-17-4-3-5-19(12-17)30-15-20(23)29/h3-7,12-13,18H,8-11,14-15H2,1-2H3,(H2,23,29)(H2,24,26,27). The number of nitrogens with zero attached hydrogens (tertiary/aromatic N) is 3. The van der Waals surface area contributed by atoms with Gasteiger partial charge in [-0.1, -0.05) is 18.2 Å². The molecular formula is C22H30N6O2. The molecule has 8 heteroatoms. The zero-order valence-corrected chi connectivity index (χ0v) is 17.6. The van der Waals surface area contributed by atoms with E-state index in [0.717, 1.165) is 43.3 Å². The van der Waals surface area contributed by atoms with Crippen molar-refractivity contribution < 1.29 is 9.53 Å². The van der Waals surface area contributed by atoms with E-state index >= 15 is 0 Å². The first kappa shape index (κ1) is 21.4. The number of rotatable bonds is 7. The molecule has 2 aromatic rings. The molecule has 1 aromatic carbocycles. The molecule has 0 saturated carbocycles. The van der Waals surface area contributed by atoms with Crippen molar-refractivity contribution in [2.45, 2.75) is 32.4 Å². The Morgan fingerprint density at radius 2 is 2.10 bits per heavy atom. The number of amides is 1. The normalized spacial score (nSPS) is 15.0. The molecule has 1 aromatic heterocycles. The Morgan fingerprint density at radius 3 is 2.77 bits per heavy atom. The van der Waals surface area contributed by atoms with E-state index in [4.69, 9.17) is 10.5 Å². The molecule has 1 amide bonds. The third-order valence-electron chi connectivity index (χ3n) is 5.02. The number of carbonyl (C=O) groups excluding carboxylic acids is 1. The fraction of sp³-hybridized carbons (Fsp3) is 0.409. The molecule has 30 heavy (non-hydrogen) atoms. The number of nitrogens with two attached hydrogens (primary N) is 1. The minimum atomic E-state index is -0.493. The van der Waals surface area contributed by atoms with Crippen molar-refractivity contribution in [3.8, 4) is 5.75 Å². The molecule has 0 atom stereocenters. The van der Waals surface area contributed by atoms with Gasteiger partial charge in [-0.05, 0) is 49.1 Å². The molecule has 1 aliphatic rings. The average Bonchev–Trinajstić information content (AvgIpc) is 2.76. The number of aliphatic imine (C=N–C) groups is 1. The molecule has 160 valence electrons. The van der Waals surface area contributed by atoms with Crippen molar-refractivity contribution in [1.82, 2.24) is 15.6 Å². The molecule has 0 unspecified atom stereocenters. The van der Waals surface area contributed by atoms with Crippen LogP contribution in [0.25, 0.3) is 0 Å². The number of primary amides is 1. The highest BCUT2D eigenvalue weighted by molar-refractivity contribution is 5.80. The number of aryl methyl sites for hydroxylation is 1. The van der Waals surface area contributed by atoms with Gasteiger partial charge in [0.25, 0.3) is 5.91 Å². The van der Waals surface area contributed by atoms with Crippen LogP contribution in [0.4, 0.5) is 5.82 Å². The fourth-order valence-corrected chi connectivity index (χ4v) is 3.37. The van der Waals surface area contributed by atoms with Crippen LogP contribution >= 0.6 is 0 Å². The summed E-state index contributed by atoms with van der Waals surface area (Å²) in [6.45, 7) is 4.44. The highest BCUT2D eigenvalue weighted by atomic mass is 16.5. The van der Waals surface area contributed by atoms with Crippen LogP contribution < -0.4 is 26.0 Å². The summed E-state index contributed by atoms with van der Waals surface area (Å²) in [6.07, 6.45) is 3.96. The SMILES string of the molecule is CN=C(NCc1cccc(OCC(N)=O)c1)NC1CCN(c2ccc(C)cn2)CC1. The lowest BCUT2D eigenvalue weighted by atomic mass is 10.1. The largest absolute Gasteiger partial charge is 0.484 e. The van der Waals surface area contributed by atoms with Crippen LogP contribution in [0.2, 0.25) is 0 Å². The number of nitrogens with one attached hydrogen (secondary N) is 2. The van der Waals surface area contributed by atoms with Crippen LogP contribution in [0, 0.1) is 6.92 Å². The minimum Gasteiger partial charge on any atom is -0.484 e. The maximum atomic E-state index is 10.9. The number of anilines is 1. The molecule has 3 rings (SSSR count). The molecule has 0 spiro atoms. The van der Waals surface area contributed by atoms with Gasteiger partial charge in [0.05, 0.1) is 0 Å². The van der Waals surface area contributed by atoms with Gasteiger partial charge in [0.2, 0.25) is 0 Å². The number of ether oxygens (including phenoxy) is 1. The lowest BCUT2D eigenvalue weighted by Gasteiger charge is -2.33. The van der Waals surface area contributed by atoms with Crippen molar-refractivity contribution in [3.05, 3.63) is 53.7 Å². The van der Waals surface area contributed by atoms with E-state index in [2.05, 4.69) is 44.6 Å². The van der Waals surface area contributed by atoms with Gasteiger partial charge in [-0.25, -0.2) is 4.98 Å². The molecule has 0 radical (unpaired) electrons. The van der Waals surface area contributed by atoms with Crippen molar-refractivity contribution in [1.29, 1.82) is 0 Å². The maximum Gasteiger partial charge on any atom is 0.255 e. The molecule has 8 nitrogen and oxygen atoms in total. The Labute approximate surface area is 177 Å². The summed E-state index contributed by atoms with van der Waals surface area (Å²) in [5, 5.41) is 6.85. The second kappa shape index (κ2) is 10.5. The van der Waals surface area contributed by atoms with E-state index in [9.17, 15) is 4.79 Å². The summed E-state index contributed by atoms with van der Waals surface area (Å²) in [5.74, 6) is 1.94. The summed E-state index contributed by atoms with van der Waals surface area (Å²) in [7, 11) is 1.77. The van der Waals surface area contributed by atoms with Crippen molar-refractivity contribution >= 4 is 17.7 Å². The number of pyridine rings is 1. The van der Waals surface area contributed by atoms with Crippen LogP contribution in [0.5, 0.6) is 5.75 Å². The summed E-state index contributed by atoms with van der Waals surface area (Å²) in [4.78, 5) is 22.1. The average molecular weight is 411 g/mol. The number of hydrogen-bond donors (Lipinski definition) is 3. The van der Waals surface area contributed by atoms with Crippen molar-refractivity contribution in [3.63, 3.8) is 0 Å². The quantitative estimate of drug-likeness (QED) is 0.473. The van der Waals surface area contributed by atoms with Gasteiger partial charge in [-0.3, -0.25) is 9.79 Å². The van der Waals surface area contributed by atoms with Crippen LogP contribution in [-0.2, 0) is 11.3 Å². The summed E-state index contributed by atoms with van der Waals surface area (Å²) in [5.41, 5.74) is 7.33. The van der Waals surface area contributed by atoms with Gasteiger partial charge in [-0.15, -0.1) is 0 Å². The van der Waals surface area contributed by atoms with E-state index in [0.29, 0.717) is 18.3 Å². The second-order valence-electron chi connectivity index (χ2n) is 7.43. The fourth-order valence-electron chi connectivity index (χ4n) is 3.37. The summed E-state index contributed by atoms with van der Waals surface area (Å²) in [6, 6.07) is 12.1. The molecule has 0 aliphatic carbocycles. The number of aromatic nitrogens is 1. The molecule has 1 aliphatic heterocycles. The Morgan fingerprint density at radius 1 is 1.30 bits per heavy atom. The molecule has 1 saturated heterocycles. The monoisotopic (exact) mass is 410 g/mol. The zero-order valence-electron chi connectivity index (χ0n) is 17.6. The Hall–Kier alpha value is -3.29. The number of piperidine rings is 1. The molecule has 2 heterocycles. The lowest BCUT2D eigenvalue weighted by molar-refractivity contribution is -0.119. The van der Waals surface area contributed by atoms with E-state index in [1.807, 2.05) is 24.4 Å². The number of carbonyl (C=O) groups is 1. The maximum absolute atomic E-state index is 10.9. The molecule has 0 bridgehead atoms. The third kappa shape index (κ3) is 6.37. The first-order valence-corrected chi connectivity index (χ1v) is 10.2. The Bertz CT molecular complexity index is 860. The molecule has 1 fully saturated rings. The molecule has 4 N–H and O–H groups in total. The van der Waals surface area contributed by atoms with E-state index in [1.54, 1.807) is 13.1 Å². The topological polar surface area (TPSA) is 105 Å². The highest BCUT2D eigenvalue weighted by Gasteiger charge is 2.20. The smallest absolute Gasteiger partial charge is 0.255 e. The highest BCUT2D eigenvalue weighted by Crippen LogP contribution is 2.18. The lowest BCUT2D eigenvalue weighted by Crippen LogP contribution is -2.48. The Kier molecular flexibility index (Phi) is 7.48. The molecular weight excluding hydrogens is 380 g/mol. The third-order valence-corrected chi connectivity index (χ3v) is 5.02. The summed E-state index contributed by atoms with van der Waals surface area (Å²) < 4.78 is 5.36. The van der Waals surface area contributed by atoms with Crippen LogP contribution in [0.3, 0.4) is 0 Å². The first-order chi connectivity index (χ1) is 14.5. The second-order valence-corrected chi connectivity index (χ2v) is 7.43. The Balaban J connectivity index is 1.46. The first-order valence-electron chi connectivity index (χ1n) is 10.2. The van der Waals surface area contributed by atoms with Crippen LogP contribution in [-0.4, -0.2) is 49.6 Å². The van der Waals surface area contributed by atoms with Crippen LogP contribution in [0.15, 0.2) is 47.6 Å². The van der Waals surface area contributed by atoms with E-state index in [-0.39, 0.29) is 6.61 Å². The van der Waals surface area contributed by atoms with E-state index < -0.39 is 5.91 Å². The van der Waals surface area contributed by atoms with Gasteiger partial charge in [0.1, 0.15) is 11.6 Å². The van der Waals surface area contributed by atoms with E-state index in [1.165, 1.54) is 5.56 Å².